The molecule has 0 atom stereocenters. The van der Waals surface area contributed by atoms with Gasteiger partial charge >= 0.3 is 11.9 Å². The van der Waals surface area contributed by atoms with E-state index >= 15 is 0 Å². The molecule has 0 saturated carbocycles. The van der Waals surface area contributed by atoms with Gasteiger partial charge in [0.1, 0.15) is 17.9 Å². The van der Waals surface area contributed by atoms with Crippen molar-refractivity contribution in [3.05, 3.63) is 17.9 Å². The van der Waals surface area contributed by atoms with Crippen LogP contribution in [0.5, 0.6) is 0 Å². The normalized spacial score (nSPS) is 15.7. The number of hydrogen-bond donors (Lipinski definition) is 2. The third kappa shape index (κ3) is 11.0. The van der Waals surface area contributed by atoms with Gasteiger partial charge in [-0.05, 0) is 63.7 Å². The predicted octanol–water partition coefficient (Wildman–Crippen LogP) is 1.71. The van der Waals surface area contributed by atoms with Crippen molar-refractivity contribution in [2.24, 2.45) is 0 Å². The molecule has 13 nitrogen and oxygen atoms in total. The highest BCUT2D eigenvalue weighted by Crippen LogP contribution is 2.29. The summed E-state index contributed by atoms with van der Waals surface area (Å²) in [6.07, 6.45) is -0.155. The lowest BCUT2D eigenvalue weighted by Crippen LogP contribution is -2.34. The van der Waals surface area contributed by atoms with Crippen LogP contribution in [0.1, 0.15) is 12.8 Å². The number of aliphatic carboxylic acids is 2. The van der Waals surface area contributed by atoms with Gasteiger partial charge in [0.2, 0.25) is 0 Å². The van der Waals surface area contributed by atoms with Crippen LogP contribution in [0, 0.1) is 0 Å². The van der Waals surface area contributed by atoms with Gasteiger partial charge < -0.3 is 24.4 Å². The molecule has 2 aliphatic rings. The minimum atomic E-state index is -0.953. The molecule has 0 radical (unpaired) electrons. The molecule has 0 spiro atoms. The fraction of sp³-hybridized carbons (Fsp3) is 0.500. The standard InChI is InChI=1S/C11H13Br2NO6.C9H9Br2NO5/c12-8-9(13)11(18)14(10(8)17)2-4-20-6-5-19-3-1-7(15)16;10-6-7(11)9(16)12(8(6)15)2-4-17-3-1-5(13)14/h1-6H2,(H,15,16);1-4H2,(H,13,14). The van der Waals surface area contributed by atoms with E-state index in [0.29, 0.717) is 0 Å². The molecular formula is C20H22Br4N2O11. The van der Waals surface area contributed by atoms with E-state index in [-0.39, 0.29) is 83.5 Å². The van der Waals surface area contributed by atoms with Crippen molar-refractivity contribution in [3.8, 4) is 0 Å². The summed E-state index contributed by atoms with van der Waals surface area (Å²) in [7, 11) is 0. The van der Waals surface area contributed by atoms with E-state index in [1.54, 1.807) is 0 Å². The van der Waals surface area contributed by atoms with E-state index < -0.39 is 35.6 Å². The van der Waals surface area contributed by atoms with Crippen molar-refractivity contribution in [3.63, 3.8) is 0 Å². The lowest BCUT2D eigenvalue weighted by Gasteiger charge is -2.14. The number of halogens is 4. The average molecular weight is 786 g/mol. The SMILES string of the molecule is O=C(O)CCOCCN1C(=O)C(Br)=C(Br)C1=O.O=C(O)CCOCCOCCN1C(=O)C(Br)=C(Br)C1=O. The number of carbonyl (C=O) groups excluding carboxylic acids is 4. The Labute approximate surface area is 244 Å². The van der Waals surface area contributed by atoms with Crippen LogP contribution in [0.4, 0.5) is 0 Å². The molecule has 0 aromatic rings. The van der Waals surface area contributed by atoms with Crippen LogP contribution in [-0.4, -0.2) is 108 Å². The number of hydrogen-bond acceptors (Lipinski definition) is 9. The minimum absolute atomic E-state index is 0.0511. The molecule has 0 aromatic heterocycles. The minimum Gasteiger partial charge on any atom is -0.481 e. The number of carboxylic acid groups (broad SMARTS) is 2. The maximum Gasteiger partial charge on any atom is 0.305 e. The Kier molecular flexibility index (Phi) is 15.5. The molecule has 206 valence electrons. The molecule has 0 fully saturated rings. The van der Waals surface area contributed by atoms with Crippen molar-refractivity contribution < 1.29 is 53.2 Å². The van der Waals surface area contributed by atoms with Gasteiger partial charge in [-0.1, -0.05) is 0 Å². The molecular weight excluding hydrogens is 764 g/mol. The fourth-order valence-corrected chi connectivity index (χ4v) is 4.03. The van der Waals surface area contributed by atoms with Crippen LogP contribution in [0.15, 0.2) is 17.9 Å². The first-order valence-electron chi connectivity index (χ1n) is 10.4. The van der Waals surface area contributed by atoms with Gasteiger partial charge in [-0.3, -0.25) is 38.6 Å². The van der Waals surface area contributed by atoms with E-state index in [9.17, 15) is 28.8 Å². The number of rotatable bonds is 15. The lowest BCUT2D eigenvalue weighted by molar-refractivity contribution is -0.140. The average Bonchev–Trinajstić information content (AvgIpc) is 3.14. The summed E-state index contributed by atoms with van der Waals surface area (Å²) in [4.78, 5) is 68.8. The zero-order valence-electron chi connectivity index (χ0n) is 19.0. The smallest absolute Gasteiger partial charge is 0.305 e. The molecule has 0 aromatic carbocycles. The molecule has 17 heteroatoms. The fourth-order valence-electron chi connectivity index (χ4n) is 2.49. The number of ether oxygens (including phenoxy) is 3. The van der Waals surface area contributed by atoms with E-state index in [1.165, 1.54) is 0 Å². The molecule has 0 aliphatic carbocycles. The second-order valence-electron chi connectivity index (χ2n) is 6.90. The highest BCUT2D eigenvalue weighted by Gasteiger charge is 2.36. The van der Waals surface area contributed by atoms with Gasteiger partial charge in [0, 0.05) is 0 Å². The van der Waals surface area contributed by atoms with Crippen LogP contribution in [-0.2, 0) is 43.0 Å². The number of carboxylic acids is 2. The lowest BCUT2D eigenvalue weighted by atomic mass is 10.5. The Morgan fingerprint density at radius 1 is 0.541 bits per heavy atom. The van der Waals surface area contributed by atoms with Crippen molar-refractivity contribution >= 4 is 99.3 Å². The molecule has 2 aliphatic heterocycles. The number of carbonyl (C=O) groups is 6. The Bertz CT molecular complexity index is 935. The second-order valence-corrected chi connectivity index (χ2v) is 10.1. The Morgan fingerprint density at radius 3 is 1.11 bits per heavy atom. The third-order valence-corrected chi connectivity index (χ3v) is 8.33. The number of imide groups is 2. The molecule has 0 saturated heterocycles. The van der Waals surface area contributed by atoms with E-state index in [2.05, 4.69) is 63.7 Å². The van der Waals surface area contributed by atoms with Gasteiger partial charge in [-0.2, -0.15) is 0 Å². The Morgan fingerprint density at radius 2 is 0.811 bits per heavy atom. The van der Waals surface area contributed by atoms with Crippen molar-refractivity contribution in [2.75, 3.05) is 52.7 Å². The molecule has 37 heavy (non-hydrogen) atoms. The van der Waals surface area contributed by atoms with Gasteiger partial charge in [0.15, 0.2) is 0 Å². The third-order valence-electron chi connectivity index (χ3n) is 4.33. The van der Waals surface area contributed by atoms with Crippen LogP contribution in [0.2, 0.25) is 0 Å². The highest BCUT2D eigenvalue weighted by atomic mass is 79.9. The summed E-state index contributed by atoms with van der Waals surface area (Å²) in [6, 6.07) is 0. The largest absolute Gasteiger partial charge is 0.481 e. The molecule has 0 unspecified atom stereocenters. The van der Waals surface area contributed by atoms with Crippen molar-refractivity contribution in [1.82, 2.24) is 9.80 Å². The van der Waals surface area contributed by atoms with E-state index in [4.69, 9.17) is 24.4 Å². The highest BCUT2D eigenvalue weighted by molar-refractivity contribution is 9.15. The summed E-state index contributed by atoms with van der Waals surface area (Å²) >= 11 is 12.0. The topological polar surface area (TPSA) is 177 Å². The van der Waals surface area contributed by atoms with Crippen LogP contribution in [0.3, 0.4) is 0 Å². The first-order valence-corrected chi connectivity index (χ1v) is 13.6. The zero-order valence-corrected chi connectivity index (χ0v) is 25.4. The maximum atomic E-state index is 11.6. The monoisotopic (exact) mass is 782 g/mol. The van der Waals surface area contributed by atoms with Crippen LogP contribution < -0.4 is 0 Å². The Balaban J connectivity index is 0.000000375. The summed E-state index contributed by atoms with van der Waals surface area (Å²) in [5, 5.41) is 16.7. The molecule has 4 amide bonds. The summed E-state index contributed by atoms with van der Waals surface area (Å²) in [6.45, 7) is 1.28. The summed E-state index contributed by atoms with van der Waals surface area (Å²) in [5.41, 5.74) is 0. The number of nitrogens with zero attached hydrogens (tertiary/aromatic N) is 2. The van der Waals surface area contributed by atoms with Crippen molar-refractivity contribution in [2.45, 2.75) is 12.8 Å². The summed E-state index contributed by atoms with van der Waals surface area (Å²) in [5.74, 6) is -3.52. The van der Waals surface area contributed by atoms with Gasteiger partial charge in [-0.25, -0.2) is 0 Å². The van der Waals surface area contributed by atoms with Gasteiger partial charge in [0.25, 0.3) is 23.6 Å². The van der Waals surface area contributed by atoms with Crippen molar-refractivity contribution in [1.29, 1.82) is 0 Å². The van der Waals surface area contributed by atoms with Gasteiger partial charge in [0.05, 0.1) is 65.6 Å². The van der Waals surface area contributed by atoms with E-state index in [0.717, 1.165) is 9.80 Å². The second kappa shape index (κ2) is 17.2. The Hall–Kier alpha value is -1.50. The molecule has 2 rings (SSSR count). The van der Waals surface area contributed by atoms with Gasteiger partial charge in [-0.15, -0.1) is 0 Å². The molecule has 0 bridgehead atoms. The molecule has 2 N–H and O–H groups in total. The predicted molar refractivity (Wildman–Crippen MR) is 140 cm³/mol. The maximum absolute atomic E-state index is 11.6. The number of amides is 4. The summed E-state index contributed by atoms with van der Waals surface area (Å²) < 4.78 is 16.0. The quantitative estimate of drug-likeness (QED) is 0.183. The van der Waals surface area contributed by atoms with Crippen LogP contribution >= 0.6 is 63.7 Å². The zero-order chi connectivity index (χ0) is 28.1. The first-order chi connectivity index (χ1) is 17.4. The molecule has 2 heterocycles. The first kappa shape index (κ1) is 33.5. The van der Waals surface area contributed by atoms with E-state index in [1.807, 2.05) is 0 Å². The van der Waals surface area contributed by atoms with Crippen LogP contribution in [0.25, 0.3) is 0 Å².